The minimum Gasteiger partial charge on any atom is -0.412 e. The third kappa shape index (κ3) is 1.86. The standard InChI is InChI=1S/C10H7Cl2N3O.H2O/c11-6-1-2-7-5(9(6)12)3-15-4-8(16)14-10(15)13-7;/h1-2H,3-4H2,(H,13,14,16);1H2. The molecule has 0 atom stereocenters. The number of benzene rings is 1. The number of nitrogens with zero attached hydrogens (tertiary/aromatic N) is 2. The summed E-state index contributed by atoms with van der Waals surface area (Å²) in [5.41, 5.74) is 1.64. The molecule has 2 aliphatic rings. The number of halogens is 2. The number of carbonyl (C=O) groups excluding carboxylic acids is 1. The Labute approximate surface area is 107 Å². The smallest absolute Gasteiger partial charge is 0.246 e. The summed E-state index contributed by atoms with van der Waals surface area (Å²) in [6, 6.07) is 3.51. The summed E-state index contributed by atoms with van der Waals surface area (Å²) < 4.78 is 0. The van der Waals surface area contributed by atoms with Crippen LogP contribution in [0.5, 0.6) is 0 Å². The lowest BCUT2D eigenvalue weighted by atomic mass is 10.1. The van der Waals surface area contributed by atoms with E-state index in [-0.39, 0.29) is 11.4 Å². The second-order valence-corrected chi connectivity index (χ2v) is 4.48. The number of nitrogens with one attached hydrogen (secondary N) is 1. The van der Waals surface area contributed by atoms with Crippen molar-refractivity contribution in [3.05, 3.63) is 27.7 Å². The van der Waals surface area contributed by atoms with Crippen LogP contribution in [0.1, 0.15) is 5.56 Å². The lowest BCUT2D eigenvalue weighted by Crippen LogP contribution is -2.32. The van der Waals surface area contributed by atoms with Gasteiger partial charge in [-0.1, -0.05) is 23.2 Å². The van der Waals surface area contributed by atoms with Crippen molar-refractivity contribution in [2.75, 3.05) is 6.54 Å². The molecule has 0 unspecified atom stereocenters. The maximum atomic E-state index is 11.2. The van der Waals surface area contributed by atoms with Crippen LogP contribution < -0.4 is 5.32 Å². The Kier molecular flexibility index (Phi) is 2.99. The summed E-state index contributed by atoms with van der Waals surface area (Å²) in [6.45, 7) is 0.882. The van der Waals surface area contributed by atoms with Gasteiger partial charge in [-0.05, 0) is 12.1 Å². The van der Waals surface area contributed by atoms with Crippen LogP contribution in [0.15, 0.2) is 17.1 Å². The molecular formula is C10H9Cl2N3O2. The van der Waals surface area contributed by atoms with Crippen molar-refractivity contribution in [3.63, 3.8) is 0 Å². The van der Waals surface area contributed by atoms with Crippen molar-refractivity contribution >= 4 is 40.8 Å². The lowest BCUT2D eigenvalue weighted by molar-refractivity contribution is -0.118. The summed E-state index contributed by atoms with van der Waals surface area (Å²) in [7, 11) is 0. The van der Waals surface area contributed by atoms with E-state index in [0.29, 0.717) is 29.1 Å². The number of amides is 1. The molecule has 0 aliphatic carbocycles. The van der Waals surface area contributed by atoms with Crippen molar-refractivity contribution in [3.8, 4) is 0 Å². The third-order valence-corrected chi connectivity index (χ3v) is 3.48. The molecule has 3 rings (SSSR count). The third-order valence-electron chi connectivity index (χ3n) is 2.63. The number of fused-ring (bicyclic) bond motifs is 2. The molecule has 0 aromatic heterocycles. The second-order valence-electron chi connectivity index (χ2n) is 3.70. The molecule has 0 bridgehead atoms. The first kappa shape index (κ1) is 12.2. The van der Waals surface area contributed by atoms with Gasteiger partial charge in [0, 0.05) is 5.56 Å². The maximum Gasteiger partial charge on any atom is 0.246 e. The first-order valence-corrected chi connectivity index (χ1v) is 5.51. The maximum absolute atomic E-state index is 11.2. The zero-order valence-electron chi connectivity index (χ0n) is 8.63. The molecule has 2 heterocycles. The molecular weight excluding hydrogens is 265 g/mol. The van der Waals surface area contributed by atoms with Gasteiger partial charge in [0.05, 0.1) is 22.3 Å². The van der Waals surface area contributed by atoms with Gasteiger partial charge in [0.1, 0.15) is 6.54 Å². The van der Waals surface area contributed by atoms with Gasteiger partial charge in [-0.3, -0.25) is 10.1 Å². The Hall–Kier alpha value is -1.30. The summed E-state index contributed by atoms with van der Waals surface area (Å²) in [4.78, 5) is 17.4. The average molecular weight is 274 g/mol. The van der Waals surface area contributed by atoms with Gasteiger partial charge < -0.3 is 10.4 Å². The Morgan fingerprint density at radius 2 is 2.06 bits per heavy atom. The van der Waals surface area contributed by atoms with Crippen LogP contribution in [-0.4, -0.2) is 28.8 Å². The quantitative estimate of drug-likeness (QED) is 0.769. The average Bonchev–Trinajstić information content (AvgIpc) is 2.61. The van der Waals surface area contributed by atoms with Crippen LogP contribution in [0.25, 0.3) is 0 Å². The molecule has 2 aliphatic heterocycles. The number of carbonyl (C=O) groups is 1. The van der Waals surface area contributed by atoms with Crippen molar-refractivity contribution < 1.29 is 10.3 Å². The van der Waals surface area contributed by atoms with Crippen LogP contribution in [0, 0.1) is 0 Å². The largest absolute Gasteiger partial charge is 0.412 e. The second kappa shape index (κ2) is 4.18. The topological polar surface area (TPSA) is 76.2 Å². The van der Waals surface area contributed by atoms with Gasteiger partial charge in [-0.25, -0.2) is 4.99 Å². The number of hydrogen-bond acceptors (Lipinski definition) is 3. The van der Waals surface area contributed by atoms with Gasteiger partial charge in [0.15, 0.2) is 0 Å². The monoisotopic (exact) mass is 273 g/mol. The zero-order valence-corrected chi connectivity index (χ0v) is 10.1. The van der Waals surface area contributed by atoms with Gasteiger partial charge in [-0.2, -0.15) is 0 Å². The molecule has 1 saturated heterocycles. The molecule has 0 spiro atoms. The highest BCUT2D eigenvalue weighted by Crippen LogP contribution is 2.36. The van der Waals surface area contributed by atoms with Crippen LogP contribution in [0.4, 0.5) is 5.69 Å². The predicted molar refractivity (Wildman–Crippen MR) is 65.7 cm³/mol. The minimum atomic E-state index is -0.0474. The molecule has 1 amide bonds. The summed E-state index contributed by atoms with van der Waals surface area (Å²) in [5, 5.41) is 3.72. The molecule has 1 fully saturated rings. The molecule has 1 aromatic carbocycles. The van der Waals surface area contributed by atoms with Crippen LogP contribution in [0.2, 0.25) is 10.0 Å². The first-order valence-electron chi connectivity index (χ1n) is 4.75. The number of hydrogen-bond donors (Lipinski definition) is 1. The van der Waals surface area contributed by atoms with E-state index >= 15 is 0 Å². The van der Waals surface area contributed by atoms with Crippen molar-refractivity contribution in [1.29, 1.82) is 0 Å². The molecule has 0 saturated carbocycles. The SMILES string of the molecule is O.O=C1CN2Cc3c(ccc(Cl)c3Cl)N=C2N1. The number of aliphatic imine (C=N–C) groups is 1. The van der Waals surface area contributed by atoms with E-state index in [2.05, 4.69) is 10.3 Å². The Morgan fingerprint density at radius 1 is 1.29 bits per heavy atom. The van der Waals surface area contributed by atoms with Crippen molar-refractivity contribution in [2.45, 2.75) is 6.54 Å². The highest BCUT2D eigenvalue weighted by atomic mass is 35.5. The van der Waals surface area contributed by atoms with E-state index < -0.39 is 0 Å². The minimum absolute atomic E-state index is 0. The van der Waals surface area contributed by atoms with Crippen LogP contribution >= 0.6 is 23.2 Å². The van der Waals surface area contributed by atoms with E-state index in [4.69, 9.17) is 23.2 Å². The summed E-state index contributed by atoms with van der Waals surface area (Å²) in [6.07, 6.45) is 0. The van der Waals surface area contributed by atoms with E-state index in [1.807, 2.05) is 4.90 Å². The predicted octanol–water partition coefficient (Wildman–Crippen LogP) is 1.10. The number of rotatable bonds is 0. The van der Waals surface area contributed by atoms with E-state index in [1.54, 1.807) is 12.1 Å². The molecule has 0 radical (unpaired) electrons. The molecule has 17 heavy (non-hydrogen) atoms. The van der Waals surface area contributed by atoms with Crippen LogP contribution in [-0.2, 0) is 11.3 Å². The van der Waals surface area contributed by atoms with Gasteiger partial charge in [0.2, 0.25) is 11.9 Å². The fourth-order valence-electron chi connectivity index (χ4n) is 1.86. The Balaban J connectivity index is 0.00000108. The van der Waals surface area contributed by atoms with Gasteiger partial charge in [0.25, 0.3) is 0 Å². The molecule has 3 N–H and O–H groups in total. The lowest BCUT2D eigenvalue weighted by Gasteiger charge is -2.23. The summed E-state index contributed by atoms with van der Waals surface area (Å²) >= 11 is 12.0. The van der Waals surface area contributed by atoms with E-state index in [9.17, 15) is 4.79 Å². The van der Waals surface area contributed by atoms with Crippen molar-refractivity contribution in [1.82, 2.24) is 10.2 Å². The molecule has 1 aromatic rings. The fourth-order valence-corrected chi connectivity index (χ4v) is 2.26. The van der Waals surface area contributed by atoms with E-state index in [1.165, 1.54) is 0 Å². The molecule has 7 heteroatoms. The Bertz CT molecular complexity index is 531. The fraction of sp³-hybridized carbons (Fsp3) is 0.200. The molecule has 90 valence electrons. The number of guanidine groups is 1. The highest BCUT2D eigenvalue weighted by Gasteiger charge is 2.30. The Morgan fingerprint density at radius 3 is 2.82 bits per heavy atom. The first-order chi connectivity index (χ1) is 7.65. The zero-order chi connectivity index (χ0) is 11.3. The van der Waals surface area contributed by atoms with Crippen molar-refractivity contribution in [2.24, 2.45) is 4.99 Å². The van der Waals surface area contributed by atoms with E-state index in [0.717, 1.165) is 11.3 Å². The highest BCUT2D eigenvalue weighted by molar-refractivity contribution is 6.42. The van der Waals surface area contributed by atoms with Crippen LogP contribution in [0.3, 0.4) is 0 Å². The summed E-state index contributed by atoms with van der Waals surface area (Å²) in [5.74, 6) is 0.546. The van der Waals surface area contributed by atoms with Gasteiger partial charge >= 0.3 is 0 Å². The van der Waals surface area contributed by atoms with Gasteiger partial charge in [-0.15, -0.1) is 0 Å². The molecule has 5 nitrogen and oxygen atoms in total. The normalized spacial score (nSPS) is 16.7.